The van der Waals surface area contributed by atoms with Gasteiger partial charge < -0.3 is 9.84 Å². The molecule has 2 amide bonds. The topological polar surface area (TPSA) is 71.3 Å². The average molecular weight is 463 g/mol. The summed E-state index contributed by atoms with van der Waals surface area (Å²) in [6.45, 7) is 4.57. The molecule has 8 heteroatoms. The van der Waals surface area contributed by atoms with Gasteiger partial charge in [0.15, 0.2) is 0 Å². The molecule has 6 nitrogen and oxygen atoms in total. The summed E-state index contributed by atoms with van der Waals surface area (Å²) < 4.78 is 5.73. The molecule has 0 bridgehead atoms. The monoisotopic (exact) mass is 462 g/mol. The number of nitrogens with one attached hydrogen (secondary N) is 1. The third-order valence-corrected chi connectivity index (χ3v) is 7.34. The third kappa shape index (κ3) is 3.87. The third-order valence-electron chi connectivity index (χ3n) is 5.61. The molecule has 0 spiro atoms. The molecule has 1 aliphatic heterocycles. The maximum absolute atomic E-state index is 13.1. The van der Waals surface area contributed by atoms with Crippen LogP contribution in [0.3, 0.4) is 0 Å². The molecular weight excluding hydrogens is 440 g/mol. The standard InChI is InChI=1S/C24H22N4O2S2/c1-3-16-8-10-17(11-9-16)21-20(23-26-22(27-30-23)19-7-5-13-32-19)15(2)28(24(29)25-21)14-18-6-4-12-31-18/h4-13,21H,3,14H2,1-2H3,(H,25,29). The lowest BCUT2D eigenvalue weighted by atomic mass is 9.93. The van der Waals surface area contributed by atoms with Crippen molar-refractivity contribution in [2.24, 2.45) is 0 Å². The van der Waals surface area contributed by atoms with E-state index in [1.165, 1.54) is 5.56 Å². The van der Waals surface area contributed by atoms with Gasteiger partial charge in [0.2, 0.25) is 5.82 Å². The second kappa shape index (κ2) is 8.72. The lowest BCUT2D eigenvalue weighted by Crippen LogP contribution is -2.45. The van der Waals surface area contributed by atoms with Gasteiger partial charge >= 0.3 is 6.03 Å². The van der Waals surface area contributed by atoms with Crippen LogP contribution in [-0.2, 0) is 13.0 Å². The van der Waals surface area contributed by atoms with Crippen LogP contribution in [0.2, 0.25) is 0 Å². The van der Waals surface area contributed by atoms with Crippen molar-refractivity contribution in [2.45, 2.75) is 32.9 Å². The van der Waals surface area contributed by atoms with E-state index >= 15 is 0 Å². The number of aromatic nitrogens is 2. The summed E-state index contributed by atoms with van der Waals surface area (Å²) in [4.78, 5) is 21.6. The van der Waals surface area contributed by atoms with E-state index in [2.05, 4.69) is 41.7 Å². The number of carbonyl (C=O) groups is 1. The molecule has 3 aromatic heterocycles. The molecule has 1 atom stereocenters. The van der Waals surface area contributed by atoms with Crippen molar-refractivity contribution in [3.8, 4) is 10.7 Å². The van der Waals surface area contributed by atoms with E-state index in [1.54, 1.807) is 27.6 Å². The largest absolute Gasteiger partial charge is 0.334 e. The predicted octanol–water partition coefficient (Wildman–Crippen LogP) is 6.12. The zero-order chi connectivity index (χ0) is 22.1. The number of rotatable bonds is 6. The second-order valence-electron chi connectivity index (χ2n) is 7.54. The molecule has 0 aliphatic carbocycles. The van der Waals surface area contributed by atoms with Gasteiger partial charge in [0, 0.05) is 10.6 Å². The van der Waals surface area contributed by atoms with Gasteiger partial charge in [0.25, 0.3) is 5.89 Å². The van der Waals surface area contributed by atoms with E-state index in [1.807, 2.05) is 41.9 Å². The van der Waals surface area contributed by atoms with Crippen LogP contribution in [0.15, 0.2) is 69.5 Å². The minimum atomic E-state index is -0.371. The SMILES string of the molecule is CCc1ccc(C2NC(=O)N(Cc3cccs3)C(C)=C2c2nc(-c3cccs3)no2)cc1. The summed E-state index contributed by atoms with van der Waals surface area (Å²) in [6, 6.07) is 15.7. The lowest BCUT2D eigenvalue weighted by molar-refractivity contribution is 0.203. The summed E-state index contributed by atoms with van der Waals surface area (Å²) >= 11 is 3.19. The van der Waals surface area contributed by atoms with Crippen molar-refractivity contribution >= 4 is 34.3 Å². The van der Waals surface area contributed by atoms with E-state index in [0.29, 0.717) is 18.3 Å². The Labute approximate surface area is 194 Å². The van der Waals surface area contributed by atoms with E-state index in [4.69, 9.17) is 9.51 Å². The maximum Gasteiger partial charge on any atom is 0.322 e. The number of urea groups is 1. The molecular formula is C24H22N4O2S2. The Morgan fingerprint density at radius 1 is 1.09 bits per heavy atom. The van der Waals surface area contributed by atoms with Crippen molar-refractivity contribution in [3.63, 3.8) is 0 Å². The molecule has 4 heterocycles. The normalized spacial score (nSPS) is 16.5. The van der Waals surface area contributed by atoms with Crippen molar-refractivity contribution in [1.29, 1.82) is 0 Å². The Bertz CT molecular complexity index is 1240. The quantitative estimate of drug-likeness (QED) is 0.375. The summed E-state index contributed by atoms with van der Waals surface area (Å²) in [6.07, 6.45) is 0.960. The highest BCUT2D eigenvalue weighted by molar-refractivity contribution is 7.13. The minimum absolute atomic E-state index is 0.137. The van der Waals surface area contributed by atoms with Crippen LogP contribution in [0.1, 0.15) is 41.8 Å². The fraction of sp³-hybridized carbons (Fsp3) is 0.208. The Morgan fingerprint density at radius 3 is 2.56 bits per heavy atom. The molecule has 1 unspecified atom stereocenters. The Hall–Kier alpha value is -3.23. The number of nitrogens with zero attached hydrogens (tertiary/aromatic N) is 3. The number of aryl methyl sites for hydroxylation is 1. The van der Waals surface area contributed by atoms with E-state index in [-0.39, 0.29) is 12.1 Å². The van der Waals surface area contributed by atoms with Gasteiger partial charge in [-0.05, 0) is 47.4 Å². The molecule has 32 heavy (non-hydrogen) atoms. The summed E-state index contributed by atoms with van der Waals surface area (Å²) in [7, 11) is 0. The maximum atomic E-state index is 13.1. The van der Waals surface area contributed by atoms with Crippen LogP contribution in [0.4, 0.5) is 4.79 Å². The van der Waals surface area contributed by atoms with Gasteiger partial charge in [-0.1, -0.05) is 48.5 Å². The van der Waals surface area contributed by atoms with Gasteiger partial charge in [-0.2, -0.15) is 4.98 Å². The van der Waals surface area contributed by atoms with Gasteiger partial charge in [0.1, 0.15) is 0 Å². The van der Waals surface area contributed by atoms with Crippen molar-refractivity contribution in [1.82, 2.24) is 20.4 Å². The fourth-order valence-corrected chi connectivity index (χ4v) is 5.18. The molecule has 162 valence electrons. The highest BCUT2D eigenvalue weighted by atomic mass is 32.1. The summed E-state index contributed by atoms with van der Waals surface area (Å²) in [5, 5.41) is 11.4. The molecule has 1 N–H and O–H groups in total. The first-order chi connectivity index (χ1) is 15.6. The highest BCUT2D eigenvalue weighted by Gasteiger charge is 2.36. The number of amides is 2. The van der Waals surface area contributed by atoms with Crippen molar-refractivity contribution in [3.05, 3.63) is 86.9 Å². The smallest absolute Gasteiger partial charge is 0.322 e. The van der Waals surface area contributed by atoms with Crippen LogP contribution in [0.5, 0.6) is 0 Å². The van der Waals surface area contributed by atoms with Crippen molar-refractivity contribution < 1.29 is 9.32 Å². The molecule has 1 aromatic carbocycles. The average Bonchev–Trinajstić information content (AvgIpc) is 3.59. The molecule has 1 aliphatic rings. The number of allylic oxidation sites excluding steroid dienone is 1. The van der Waals surface area contributed by atoms with Crippen LogP contribution >= 0.6 is 22.7 Å². The van der Waals surface area contributed by atoms with Crippen molar-refractivity contribution in [2.75, 3.05) is 0 Å². The van der Waals surface area contributed by atoms with Crippen LogP contribution in [0, 0.1) is 0 Å². The zero-order valence-corrected chi connectivity index (χ0v) is 19.4. The Balaban J connectivity index is 1.59. The van der Waals surface area contributed by atoms with Gasteiger partial charge in [-0.3, -0.25) is 4.90 Å². The predicted molar refractivity (Wildman–Crippen MR) is 127 cm³/mol. The number of hydrogen-bond acceptors (Lipinski definition) is 6. The fourth-order valence-electron chi connectivity index (χ4n) is 3.84. The van der Waals surface area contributed by atoms with Crippen LogP contribution in [-0.4, -0.2) is 21.1 Å². The van der Waals surface area contributed by atoms with Gasteiger partial charge in [-0.25, -0.2) is 4.79 Å². The lowest BCUT2D eigenvalue weighted by Gasteiger charge is -2.35. The number of benzene rings is 1. The number of carbonyl (C=O) groups excluding carboxylic acids is 1. The summed E-state index contributed by atoms with van der Waals surface area (Å²) in [5.41, 5.74) is 3.86. The number of hydrogen-bond donors (Lipinski definition) is 1. The Kier molecular flexibility index (Phi) is 5.63. The molecule has 0 radical (unpaired) electrons. The first kappa shape index (κ1) is 20.7. The van der Waals surface area contributed by atoms with E-state index in [0.717, 1.165) is 33.0 Å². The van der Waals surface area contributed by atoms with Gasteiger partial charge in [-0.15, -0.1) is 22.7 Å². The minimum Gasteiger partial charge on any atom is -0.334 e. The molecule has 0 saturated heterocycles. The second-order valence-corrected chi connectivity index (χ2v) is 9.52. The molecule has 0 saturated carbocycles. The zero-order valence-electron chi connectivity index (χ0n) is 17.7. The van der Waals surface area contributed by atoms with Crippen LogP contribution in [0.25, 0.3) is 16.3 Å². The number of thiophene rings is 2. The molecule has 4 aromatic rings. The van der Waals surface area contributed by atoms with E-state index in [9.17, 15) is 4.79 Å². The molecule has 0 fully saturated rings. The first-order valence-corrected chi connectivity index (χ1v) is 12.2. The summed E-state index contributed by atoms with van der Waals surface area (Å²) in [5.74, 6) is 0.976. The van der Waals surface area contributed by atoms with Crippen LogP contribution < -0.4 is 5.32 Å². The van der Waals surface area contributed by atoms with Gasteiger partial charge in [0.05, 0.1) is 23.0 Å². The Morgan fingerprint density at radius 2 is 1.88 bits per heavy atom. The first-order valence-electron chi connectivity index (χ1n) is 10.4. The van der Waals surface area contributed by atoms with E-state index < -0.39 is 0 Å². The molecule has 5 rings (SSSR count). The highest BCUT2D eigenvalue weighted by Crippen LogP contribution is 2.38.